The molecular weight excluding hydrogens is 299 g/mol. The van der Waals surface area contributed by atoms with Crippen molar-refractivity contribution >= 4 is 47.8 Å². The van der Waals surface area contributed by atoms with E-state index < -0.39 is 0 Å². The largest absolute Gasteiger partial charge is 0.174 e. The molecule has 2 atom stereocenters. The molecule has 1 aromatic rings. The van der Waals surface area contributed by atoms with E-state index >= 15 is 0 Å². The van der Waals surface area contributed by atoms with Crippen LogP contribution in [0.15, 0.2) is 30.3 Å². The molecule has 0 bridgehead atoms. The van der Waals surface area contributed by atoms with Crippen LogP contribution in [0.2, 0.25) is 0 Å². The van der Waals surface area contributed by atoms with Gasteiger partial charge in [0.15, 0.2) is 0 Å². The van der Waals surface area contributed by atoms with Gasteiger partial charge >= 0.3 is 0 Å². The van der Waals surface area contributed by atoms with Crippen molar-refractivity contribution in [2.75, 3.05) is 0 Å². The van der Waals surface area contributed by atoms with Crippen molar-refractivity contribution in [3.05, 3.63) is 41.6 Å². The van der Waals surface area contributed by atoms with Gasteiger partial charge in [-0.05, 0) is 5.56 Å². The molecule has 1 radical (unpaired) electrons. The van der Waals surface area contributed by atoms with Crippen LogP contribution in [0.25, 0.3) is 0 Å². The maximum absolute atomic E-state index is 4.51. The number of hydrogen-bond donors (Lipinski definition) is 2. The third-order valence-corrected chi connectivity index (χ3v) is 4.74. The lowest BCUT2D eigenvalue weighted by Crippen LogP contribution is -2.04. The molecule has 0 aliphatic carbocycles. The summed E-state index contributed by atoms with van der Waals surface area (Å²) in [7, 11) is 0. The fraction of sp³-hybridized carbons (Fsp3) is 0.222. The normalized spacial score (nSPS) is 15.6. The van der Waals surface area contributed by atoms with Gasteiger partial charge in [0.05, 0.1) is 0 Å². The van der Waals surface area contributed by atoms with Gasteiger partial charge in [0, 0.05) is 14.9 Å². The summed E-state index contributed by atoms with van der Waals surface area (Å²) in [6.07, 6.45) is 0. The van der Waals surface area contributed by atoms with E-state index in [0.29, 0.717) is 3.92 Å². The van der Waals surface area contributed by atoms with Crippen LogP contribution in [-0.2, 0) is 0 Å². The molecule has 2 unspecified atom stereocenters. The summed E-state index contributed by atoms with van der Waals surface area (Å²) in [6.45, 7) is 0. The summed E-state index contributed by atoms with van der Waals surface area (Å²) in [5.41, 5.74) is 1.24. The first kappa shape index (κ1) is 10.7. The van der Waals surface area contributed by atoms with Crippen molar-refractivity contribution in [3.8, 4) is 0 Å². The standard InChI is InChI=1S/C9H10IS2/c10-8(6-11)9(12)7-4-2-1-3-5-7/h1-6,8-9,11-12H. The lowest BCUT2D eigenvalue weighted by atomic mass is 10.1. The summed E-state index contributed by atoms with van der Waals surface area (Å²) in [4.78, 5) is 0. The zero-order valence-electron chi connectivity index (χ0n) is 6.39. The molecule has 0 saturated carbocycles. The van der Waals surface area contributed by atoms with Gasteiger partial charge in [-0.1, -0.05) is 52.9 Å². The lowest BCUT2D eigenvalue weighted by Gasteiger charge is -2.15. The Hall–Kier alpha value is 0.650. The molecular formula is C9H10IS2. The Labute approximate surface area is 98.1 Å². The summed E-state index contributed by atoms with van der Waals surface area (Å²) in [6, 6.07) is 10.2. The van der Waals surface area contributed by atoms with Crippen molar-refractivity contribution in [3.63, 3.8) is 0 Å². The smallest absolute Gasteiger partial charge is 0.0395 e. The number of hydrogen-bond acceptors (Lipinski definition) is 2. The Bertz CT molecular complexity index is 225. The highest BCUT2D eigenvalue weighted by atomic mass is 127. The Balaban J connectivity index is 2.71. The van der Waals surface area contributed by atoms with Gasteiger partial charge in [0.1, 0.15) is 0 Å². The number of halogens is 1. The van der Waals surface area contributed by atoms with Gasteiger partial charge in [-0.3, -0.25) is 0 Å². The second-order valence-electron chi connectivity index (χ2n) is 2.45. The Morgan fingerprint density at radius 1 is 1.25 bits per heavy atom. The van der Waals surface area contributed by atoms with Crippen molar-refractivity contribution in [1.82, 2.24) is 0 Å². The van der Waals surface area contributed by atoms with Crippen LogP contribution in [0.1, 0.15) is 10.8 Å². The Kier molecular flexibility index (Phi) is 4.82. The summed E-state index contributed by atoms with van der Waals surface area (Å²) >= 11 is 11.0. The van der Waals surface area contributed by atoms with E-state index in [1.165, 1.54) is 5.56 Å². The molecule has 0 aromatic heterocycles. The molecule has 1 aromatic carbocycles. The third kappa shape index (κ3) is 2.85. The van der Waals surface area contributed by atoms with Crippen LogP contribution in [-0.4, -0.2) is 3.92 Å². The maximum atomic E-state index is 4.51. The molecule has 1 rings (SSSR count). The number of benzene rings is 1. The average molecular weight is 309 g/mol. The minimum Gasteiger partial charge on any atom is -0.174 e. The molecule has 12 heavy (non-hydrogen) atoms. The Morgan fingerprint density at radius 3 is 2.33 bits per heavy atom. The zero-order valence-corrected chi connectivity index (χ0v) is 10.3. The fourth-order valence-electron chi connectivity index (χ4n) is 0.916. The number of rotatable bonds is 3. The van der Waals surface area contributed by atoms with Gasteiger partial charge < -0.3 is 0 Å². The first-order chi connectivity index (χ1) is 5.75. The second-order valence-corrected chi connectivity index (χ2v) is 4.74. The summed E-state index contributed by atoms with van der Waals surface area (Å²) < 4.78 is 0.358. The molecule has 0 aliphatic rings. The lowest BCUT2D eigenvalue weighted by molar-refractivity contribution is 1.02. The average Bonchev–Trinajstić information content (AvgIpc) is 2.17. The molecule has 0 heterocycles. The highest BCUT2D eigenvalue weighted by Crippen LogP contribution is 2.31. The van der Waals surface area contributed by atoms with Crippen LogP contribution in [0, 0.1) is 5.75 Å². The van der Waals surface area contributed by atoms with E-state index in [1.54, 1.807) is 0 Å². The summed E-state index contributed by atoms with van der Waals surface area (Å²) in [5, 5.41) is 0.240. The van der Waals surface area contributed by atoms with Crippen LogP contribution in [0.4, 0.5) is 0 Å². The molecule has 0 spiro atoms. The number of thiol groups is 2. The van der Waals surface area contributed by atoms with E-state index in [4.69, 9.17) is 0 Å². The van der Waals surface area contributed by atoms with Gasteiger partial charge in [0.2, 0.25) is 0 Å². The van der Waals surface area contributed by atoms with Crippen molar-refractivity contribution < 1.29 is 0 Å². The zero-order chi connectivity index (χ0) is 8.97. The van der Waals surface area contributed by atoms with Gasteiger partial charge in [0.25, 0.3) is 0 Å². The molecule has 0 nitrogen and oxygen atoms in total. The molecule has 0 fully saturated rings. The Morgan fingerprint density at radius 2 is 1.83 bits per heavy atom. The fourth-order valence-corrected chi connectivity index (χ4v) is 1.90. The van der Waals surface area contributed by atoms with Crippen LogP contribution in [0.5, 0.6) is 0 Å². The third-order valence-electron chi connectivity index (χ3n) is 1.59. The maximum Gasteiger partial charge on any atom is 0.0395 e. The highest BCUT2D eigenvalue weighted by molar-refractivity contribution is 14.1. The molecule has 0 saturated heterocycles. The molecule has 65 valence electrons. The van der Waals surface area contributed by atoms with Crippen LogP contribution in [0.3, 0.4) is 0 Å². The summed E-state index contributed by atoms with van der Waals surface area (Å²) in [5.74, 6) is 1.87. The minimum absolute atomic E-state index is 0.240. The van der Waals surface area contributed by atoms with Crippen molar-refractivity contribution in [2.45, 2.75) is 9.17 Å². The first-order valence-electron chi connectivity index (χ1n) is 3.60. The molecule has 0 aliphatic heterocycles. The molecule has 0 N–H and O–H groups in total. The van der Waals surface area contributed by atoms with E-state index in [0.717, 1.165) is 0 Å². The minimum atomic E-state index is 0.240. The van der Waals surface area contributed by atoms with E-state index in [-0.39, 0.29) is 5.25 Å². The monoisotopic (exact) mass is 309 g/mol. The van der Waals surface area contributed by atoms with Crippen LogP contribution >= 0.6 is 47.8 Å². The topological polar surface area (TPSA) is 0 Å². The van der Waals surface area contributed by atoms with Crippen molar-refractivity contribution in [1.29, 1.82) is 0 Å². The molecule has 0 amide bonds. The van der Waals surface area contributed by atoms with E-state index in [9.17, 15) is 0 Å². The quantitative estimate of drug-likeness (QED) is 0.476. The van der Waals surface area contributed by atoms with Gasteiger partial charge in [-0.25, -0.2) is 0 Å². The van der Waals surface area contributed by atoms with Crippen LogP contribution < -0.4 is 0 Å². The van der Waals surface area contributed by atoms with Crippen molar-refractivity contribution in [2.24, 2.45) is 0 Å². The number of alkyl halides is 1. The second kappa shape index (κ2) is 5.40. The van der Waals surface area contributed by atoms with E-state index in [2.05, 4.69) is 60.0 Å². The highest BCUT2D eigenvalue weighted by Gasteiger charge is 2.14. The first-order valence-corrected chi connectivity index (χ1v) is 5.88. The van der Waals surface area contributed by atoms with Gasteiger partial charge in [-0.2, -0.15) is 25.3 Å². The predicted molar refractivity (Wildman–Crippen MR) is 69.3 cm³/mol. The molecule has 3 heteroatoms. The SMILES string of the molecule is S[CH]C(I)C(S)c1ccccc1. The van der Waals surface area contributed by atoms with Gasteiger partial charge in [-0.15, -0.1) is 0 Å². The predicted octanol–water partition coefficient (Wildman–Crippen LogP) is 3.55. The van der Waals surface area contributed by atoms with E-state index in [1.807, 2.05) is 24.0 Å².